The van der Waals surface area contributed by atoms with Gasteiger partial charge < -0.3 is 10.1 Å². The number of thiazole rings is 1. The number of hydrogen-bond acceptors (Lipinski definition) is 5. The van der Waals surface area contributed by atoms with Gasteiger partial charge in [-0.2, -0.15) is 5.10 Å². The number of methoxy groups -OCH3 is 1. The molecule has 0 aliphatic rings. The van der Waals surface area contributed by atoms with E-state index in [4.69, 9.17) is 4.74 Å². The van der Waals surface area contributed by atoms with E-state index >= 15 is 0 Å². The molecule has 2 heterocycles. The highest BCUT2D eigenvalue weighted by Crippen LogP contribution is 2.18. The topological polar surface area (TPSA) is 52.0 Å². The molecule has 2 rings (SSSR count). The first-order chi connectivity index (χ1) is 9.61. The lowest BCUT2D eigenvalue weighted by atomic mass is 10.2. The summed E-state index contributed by atoms with van der Waals surface area (Å²) in [7, 11) is 1.71. The summed E-state index contributed by atoms with van der Waals surface area (Å²) in [6.45, 7) is 9.42. The third-order valence-electron chi connectivity index (χ3n) is 3.36. The first kappa shape index (κ1) is 15.2. The lowest BCUT2D eigenvalue weighted by Gasteiger charge is -2.05. The van der Waals surface area contributed by atoms with E-state index < -0.39 is 0 Å². The van der Waals surface area contributed by atoms with Crippen molar-refractivity contribution >= 4 is 11.3 Å². The predicted octanol–water partition coefficient (Wildman–Crippen LogP) is 2.05. The molecule has 110 valence electrons. The lowest BCUT2D eigenvalue weighted by molar-refractivity contribution is 0.199. The first-order valence-electron chi connectivity index (χ1n) is 6.75. The van der Waals surface area contributed by atoms with Crippen LogP contribution in [0.4, 0.5) is 0 Å². The molecule has 0 aliphatic heterocycles. The minimum absolute atomic E-state index is 0.727. The second kappa shape index (κ2) is 6.97. The molecule has 0 spiro atoms. The Balaban J connectivity index is 1.97. The number of ether oxygens (including phenoxy) is 1. The van der Waals surface area contributed by atoms with Crippen LogP contribution in [0.1, 0.15) is 26.8 Å². The number of nitrogens with zero attached hydrogens (tertiary/aromatic N) is 3. The van der Waals surface area contributed by atoms with E-state index in [2.05, 4.69) is 36.2 Å². The van der Waals surface area contributed by atoms with Crippen LogP contribution in [0.5, 0.6) is 0 Å². The van der Waals surface area contributed by atoms with Crippen LogP contribution >= 0.6 is 11.3 Å². The number of nitrogens with one attached hydrogen (secondary N) is 1. The van der Waals surface area contributed by atoms with Gasteiger partial charge in [-0.1, -0.05) is 0 Å². The Morgan fingerprint density at radius 2 is 2.15 bits per heavy atom. The molecule has 0 aliphatic carbocycles. The quantitative estimate of drug-likeness (QED) is 0.794. The summed E-state index contributed by atoms with van der Waals surface area (Å²) < 4.78 is 7.04. The van der Waals surface area contributed by atoms with Crippen molar-refractivity contribution in [3.63, 3.8) is 0 Å². The highest BCUT2D eigenvalue weighted by atomic mass is 32.1. The molecule has 20 heavy (non-hydrogen) atoms. The molecule has 0 amide bonds. The van der Waals surface area contributed by atoms with E-state index in [0.717, 1.165) is 36.9 Å². The van der Waals surface area contributed by atoms with Crippen LogP contribution in [0.3, 0.4) is 0 Å². The lowest BCUT2D eigenvalue weighted by Crippen LogP contribution is -2.18. The third-order valence-corrected chi connectivity index (χ3v) is 4.42. The van der Waals surface area contributed by atoms with Gasteiger partial charge in [-0.05, 0) is 20.8 Å². The Kier molecular flexibility index (Phi) is 5.28. The SMILES string of the molecule is COCCNCc1cnn(Cc2nc(C)c(C)s2)c1C. The van der Waals surface area contributed by atoms with Gasteiger partial charge in [0.15, 0.2) is 0 Å². The third kappa shape index (κ3) is 3.65. The van der Waals surface area contributed by atoms with Crippen molar-refractivity contribution in [1.29, 1.82) is 0 Å². The molecule has 0 saturated carbocycles. The highest BCUT2D eigenvalue weighted by Gasteiger charge is 2.09. The molecular weight excluding hydrogens is 272 g/mol. The maximum Gasteiger partial charge on any atom is 0.115 e. The average Bonchev–Trinajstić information content (AvgIpc) is 2.91. The Morgan fingerprint density at radius 1 is 1.35 bits per heavy atom. The standard InChI is InChI=1S/C14H22N4OS/c1-10-12(3)20-14(17-10)9-18-11(2)13(8-16-18)7-15-5-6-19-4/h8,15H,5-7,9H2,1-4H3. The van der Waals surface area contributed by atoms with Crippen LogP contribution in [0.15, 0.2) is 6.20 Å². The van der Waals surface area contributed by atoms with Crippen LogP contribution in [0.25, 0.3) is 0 Å². The molecule has 0 bridgehead atoms. The monoisotopic (exact) mass is 294 g/mol. The van der Waals surface area contributed by atoms with Crippen molar-refractivity contribution in [3.05, 3.63) is 33.0 Å². The minimum Gasteiger partial charge on any atom is -0.383 e. The second-order valence-electron chi connectivity index (χ2n) is 4.83. The molecule has 2 aromatic rings. The fourth-order valence-electron chi connectivity index (χ4n) is 1.95. The van der Waals surface area contributed by atoms with Crippen LogP contribution in [0, 0.1) is 20.8 Å². The van der Waals surface area contributed by atoms with E-state index in [1.54, 1.807) is 18.4 Å². The molecule has 1 N–H and O–H groups in total. The summed E-state index contributed by atoms with van der Waals surface area (Å²) in [6.07, 6.45) is 1.93. The van der Waals surface area contributed by atoms with Gasteiger partial charge >= 0.3 is 0 Å². The van der Waals surface area contributed by atoms with E-state index in [9.17, 15) is 0 Å². The molecule has 0 atom stereocenters. The van der Waals surface area contributed by atoms with Gasteiger partial charge in [0.05, 0.1) is 25.0 Å². The van der Waals surface area contributed by atoms with Crippen molar-refractivity contribution in [2.24, 2.45) is 0 Å². The Labute approximate surface area is 124 Å². The Morgan fingerprint density at radius 3 is 2.80 bits per heavy atom. The Hall–Kier alpha value is -1.24. The van der Waals surface area contributed by atoms with E-state index in [0.29, 0.717) is 0 Å². The highest BCUT2D eigenvalue weighted by molar-refractivity contribution is 7.11. The van der Waals surface area contributed by atoms with Gasteiger partial charge in [-0.25, -0.2) is 4.98 Å². The molecule has 6 heteroatoms. The van der Waals surface area contributed by atoms with Gasteiger partial charge in [0.2, 0.25) is 0 Å². The summed E-state index contributed by atoms with van der Waals surface area (Å²) in [5.74, 6) is 0. The average molecular weight is 294 g/mol. The smallest absolute Gasteiger partial charge is 0.115 e. The maximum atomic E-state index is 5.02. The number of hydrogen-bond donors (Lipinski definition) is 1. The fraction of sp³-hybridized carbons (Fsp3) is 0.571. The van der Waals surface area contributed by atoms with Crippen LogP contribution in [0.2, 0.25) is 0 Å². The number of rotatable bonds is 7. The van der Waals surface area contributed by atoms with E-state index in [1.165, 1.54) is 16.1 Å². The molecule has 0 saturated heterocycles. The summed E-state index contributed by atoms with van der Waals surface area (Å²) in [4.78, 5) is 5.85. The second-order valence-corrected chi connectivity index (χ2v) is 6.12. The summed E-state index contributed by atoms with van der Waals surface area (Å²) in [5.41, 5.74) is 3.54. The van der Waals surface area contributed by atoms with Crippen LogP contribution in [-0.2, 0) is 17.8 Å². The largest absolute Gasteiger partial charge is 0.383 e. The molecule has 0 radical (unpaired) electrons. The maximum absolute atomic E-state index is 5.02. The summed E-state index contributed by atoms with van der Waals surface area (Å²) in [5, 5.41) is 8.92. The minimum atomic E-state index is 0.727. The molecular formula is C14H22N4OS. The molecule has 2 aromatic heterocycles. The fourth-order valence-corrected chi connectivity index (χ4v) is 2.87. The van der Waals surface area contributed by atoms with Crippen molar-refractivity contribution < 1.29 is 4.74 Å². The molecule has 0 fully saturated rings. The van der Waals surface area contributed by atoms with E-state index in [-0.39, 0.29) is 0 Å². The van der Waals surface area contributed by atoms with Crippen LogP contribution < -0.4 is 5.32 Å². The van der Waals surface area contributed by atoms with Gasteiger partial charge in [0.1, 0.15) is 5.01 Å². The van der Waals surface area contributed by atoms with E-state index in [1.807, 2.05) is 10.9 Å². The predicted molar refractivity (Wildman–Crippen MR) is 81.2 cm³/mol. The molecule has 5 nitrogen and oxygen atoms in total. The van der Waals surface area contributed by atoms with Crippen molar-refractivity contribution in [2.45, 2.75) is 33.9 Å². The van der Waals surface area contributed by atoms with Gasteiger partial charge in [0.25, 0.3) is 0 Å². The van der Waals surface area contributed by atoms with Gasteiger partial charge in [-0.15, -0.1) is 11.3 Å². The van der Waals surface area contributed by atoms with Gasteiger partial charge in [-0.3, -0.25) is 4.68 Å². The molecule has 0 unspecified atom stereocenters. The molecule has 0 aromatic carbocycles. The van der Waals surface area contributed by atoms with Crippen molar-refractivity contribution in [1.82, 2.24) is 20.1 Å². The number of aromatic nitrogens is 3. The van der Waals surface area contributed by atoms with Crippen molar-refractivity contribution in [2.75, 3.05) is 20.3 Å². The normalized spacial score (nSPS) is 11.2. The zero-order valence-electron chi connectivity index (χ0n) is 12.6. The summed E-state index contributed by atoms with van der Waals surface area (Å²) >= 11 is 1.75. The zero-order chi connectivity index (χ0) is 14.5. The zero-order valence-corrected chi connectivity index (χ0v) is 13.4. The van der Waals surface area contributed by atoms with Crippen molar-refractivity contribution in [3.8, 4) is 0 Å². The van der Waals surface area contributed by atoms with Gasteiger partial charge in [0, 0.05) is 36.3 Å². The van der Waals surface area contributed by atoms with Crippen LogP contribution in [-0.4, -0.2) is 35.0 Å². The first-order valence-corrected chi connectivity index (χ1v) is 7.57. The Bertz CT molecular complexity index is 542. The summed E-state index contributed by atoms with van der Waals surface area (Å²) in [6, 6.07) is 0. The number of aryl methyl sites for hydroxylation is 2.